The minimum absolute atomic E-state index is 0.194. The molecule has 23 heavy (non-hydrogen) atoms. The summed E-state index contributed by atoms with van der Waals surface area (Å²) in [5.74, 6) is 1.83. The lowest BCUT2D eigenvalue weighted by atomic mass is 10.2. The molecule has 0 saturated carbocycles. The van der Waals surface area contributed by atoms with Gasteiger partial charge in [0.05, 0.1) is 14.2 Å². The van der Waals surface area contributed by atoms with Crippen molar-refractivity contribution in [1.82, 2.24) is 0 Å². The molecule has 5 heteroatoms. The molecule has 5 nitrogen and oxygen atoms in total. The number of ether oxygens (including phenoxy) is 3. The molecular weight excluding hydrogens is 294 g/mol. The highest BCUT2D eigenvalue weighted by Gasteiger charge is 2.18. The Kier molecular flexibility index (Phi) is 5.86. The number of hydrogen-bond donors (Lipinski definition) is 1. The summed E-state index contributed by atoms with van der Waals surface area (Å²) >= 11 is 0. The summed E-state index contributed by atoms with van der Waals surface area (Å²) in [7, 11) is 3.19. The molecule has 2 rings (SSSR count). The van der Waals surface area contributed by atoms with Gasteiger partial charge in [0.15, 0.2) is 6.10 Å². The first-order valence-corrected chi connectivity index (χ1v) is 7.42. The second kappa shape index (κ2) is 8.08. The summed E-state index contributed by atoms with van der Waals surface area (Å²) in [6, 6.07) is 14.4. The first-order chi connectivity index (χ1) is 11.2. The molecule has 1 amide bonds. The molecule has 0 spiro atoms. The van der Waals surface area contributed by atoms with Gasteiger partial charge in [0.25, 0.3) is 5.91 Å². The average Bonchev–Trinajstić information content (AvgIpc) is 2.60. The van der Waals surface area contributed by atoms with Crippen molar-refractivity contribution < 1.29 is 19.0 Å². The van der Waals surface area contributed by atoms with Crippen LogP contribution in [0, 0.1) is 0 Å². The molecule has 1 unspecified atom stereocenters. The molecule has 0 saturated heterocycles. The molecular formula is C18H21NO4. The molecule has 0 aromatic heterocycles. The number of hydrogen-bond acceptors (Lipinski definition) is 4. The third-order valence-electron chi connectivity index (χ3n) is 3.34. The van der Waals surface area contributed by atoms with Gasteiger partial charge in [0.1, 0.15) is 17.2 Å². The van der Waals surface area contributed by atoms with E-state index in [1.54, 1.807) is 50.6 Å². The SMILES string of the molecule is CCC(Oc1cccc(OC)c1)C(=O)Nc1ccc(OC)cc1. The van der Waals surface area contributed by atoms with Crippen molar-refractivity contribution in [2.75, 3.05) is 19.5 Å². The molecule has 0 heterocycles. The Labute approximate surface area is 136 Å². The second-order valence-corrected chi connectivity index (χ2v) is 4.91. The minimum Gasteiger partial charge on any atom is -0.497 e. The van der Waals surface area contributed by atoms with E-state index >= 15 is 0 Å². The molecule has 1 atom stereocenters. The first kappa shape index (κ1) is 16.7. The van der Waals surface area contributed by atoms with E-state index in [0.29, 0.717) is 23.6 Å². The van der Waals surface area contributed by atoms with E-state index < -0.39 is 6.10 Å². The van der Waals surface area contributed by atoms with Gasteiger partial charge in [-0.2, -0.15) is 0 Å². The smallest absolute Gasteiger partial charge is 0.265 e. The highest BCUT2D eigenvalue weighted by atomic mass is 16.5. The van der Waals surface area contributed by atoms with E-state index in [4.69, 9.17) is 14.2 Å². The van der Waals surface area contributed by atoms with Gasteiger partial charge in [-0.05, 0) is 42.8 Å². The molecule has 2 aromatic rings. The van der Waals surface area contributed by atoms with Gasteiger partial charge >= 0.3 is 0 Å². The minimum atomic E-state index is -0.579. The zero-order valence-corrected chi connectivity index (χ0v) is 13.5. The van der Waals surface area contributed by atoms with Crippen LogP contribution in [0.25, 0.3) is 0 Å². The van der Waals surface area contributed by atoms with Gasteiger partial charge < -0.3 is 19.5 Å². The maximum atomic E-state index is 12.4. The van der Waals surface area contributed by atoms with Gasteiger partial charge in [-0.1, -0.05) is 13.0 Å². The van der Waals surface area contributed by atoms with E-state index in [-0.39, 0.29) is 5.91 Å². The molecule has 1 N–H and O–H groups in total. The largest absolute Gasteiger partial charge is 0.497 e. The summed E-state index contributed by atoms with van der Waals surface area (Å²) in [5, 5.41) is 2.84. The highest BCUT2D eigenvalue weighted by Crippen LogP contribution is 2.21. The summed E-state index contributed by atoms with van der Waals surface area (Å²) in [6.07, 6.45) is -0.0247. The van der Waals surface area contributed by atoms with Crippen molar-refractivity contribution in [3.63, 3.8) is 0 Å². The van der Waals surface area contributed by atoms with Crippen molar-refractivity contribution in [3.05, 3.63) is 48.5 Å². The zero-order valence-electron chi connectivity index (χ0n) is 13.5. The van der Waals surface area contributed by atoms with Crippen LogP contribution in [0.4, 0.5) is 5.69 Å². The lowest BCUT2D eigenvalue weighted by Crippen LogP contribution is -2.32. The normalized spacial score (nSPS) is 11.4. The second-order valence-electron chi connectivity index (χ2n) is 4.91. The van der Waals surface area contributed by atoms with Gasteiger partial charge in [0, 0.05) is 11.8 Å². The average molecular weight is 315 g/mol. The van der Waals surface area contributed by atoms with Crippen LogP contribution < -0.4 is 19.5 Å². The number of methoxy groups -OCH3 is 2. The Bertz CT molecular complexity index is 640. The number of nitrogens with one attached hydrogen (secondary N) is 1. The highest BCUT2D eigenvalue weighted by molar-refractivity contribution is 5.94. The van der Waals surface area contributed by atoms with Crippen LogP contribution in [0.1, 0.15) is 13.3 Å². The lowest BCUT2D eigenvalue weighted by molar-refractivity contribution is -0.122. The Balaban J connectivity index is 2.02. The summed E-state index contributed by atoms with van der Waals surface area (Å²) in [4.78, 5) is 12.4. The van der Waals surface area contributed by atoms with Crippen LogP contribution in [-0.2, 0) is 4.79 Å². The Hall–Kier alpha value is -2.69. The van der Waals surface area contributed by atoms with Gasteiger partial charge in [0.2, 0.25) is 0 Å². The Morgan fingerprint density at radius 2 is 1.65 bits per heavy atom. The fraction of sp³-hybridized carbons (Fsp3) is 0.278. The monoisotopic (exact) mass is 315 g/mol. The summed E-state index contributed by atoms with van der Waals surface area (Å²) in [6.45, 7) is 1.90. The molecule has 0 aliphatic carbocycles. The maximum absolute atomic E-state index is 12.4. The summed E-state index contributed by atoms with van der Waals surface area (Å²) < 4.78 is 16.0. The molecule has 2 aromatic carbocycles. The fourth-order valence-corrected chi connectivity index (χ4v) is 2.06. The van der Waals surface area contributed by atoms with Crippen LogP contribution in [0.3, 0.4) is 0 Å². The number of amides is 1. The van der Waals surface area contributed by atoms with E-state index in [9.17, 15) is 4.79 Å². The standard InChI is InChI=1S/C18H21NO4/c1-4-17(23-16-7-5-6-15(12-16)22-3)18(20)19-13-8-10-14(21-2)11-9-13/h5-12,17H,4H2,1-3H3,(H,19,20). The van der Waals surface area contributed by atoms with Crippen molar-refractivity contribution in [3.8, 4) is 17.2 Å². The number of anilines is 1. The van der Waals surface area contributed by atoms with Crippen LogP contribution in [0.15, 0.2) is 48.5 Å². The van der Waals surface area contributed by atoms with E-state index in [1.807, 2.05) is 19.1 Å². The molecule has 0 aliphatic rings. The Morgan fingerprint density at radius 1 is 1.00 bits per heavy atom. The topological polar surface area (TPSA) is 56.8 Å². The number of benzene rings is 2. The summed E-state index contributed by atoms with van der Waals surface area (Å²) in [5.41, 5.74) is 0.698. The molecule has 0 fully saturated rings. The number of rotatable bonds is 7. The number of carbonyl (C=O) groups is 1. The third kappa shape index (κ3) is 4.64. The predicted octanol–water partition coefficient (Wildman–Crippen LogP) is 3.50. The first-order valence-electron chi connectivity index (χ1n) is 7.42. The van der Waals surface area contributed by atoms with Crippen molar-refractivity contribution in [1.29, 1.82) is 0 Å². The maximum Gasteiger partial charge on any atom is 0.265 e. The molecule has 0 bridgehead atoms. The fourth-order valence-electron chi connectivity index (χ4n) is 2.06. The zero-order chi connectivity index (χ0) is 16.7. The van der Waals surface area contributed by atoms with Crippen molar-refractivity contribution >= 4 is 11.6 Å². The van der Waals surface area contributed by atoms with Gasteiger partial charge in [-0.3, -0.25) is 4.79 Å². The predicted molar refractivity (Wildman–Crippen MR) is 89.3 cm³/mol. The van der Waals surface area contributed by atoms with E-state index in [1.165, 1.54) is 0 Å². The molecule has 0 radical (unpaired) electrons. The van der Waals surface area contributed by atoms with Crippen molar-refractivity contribution in [2.24, 2.45) is 0 Å². The van der Waals surface area contributed by atoms with Crippen LogP contribution >= 0.6 is 0 Å². The van der Waals surface area contributed by atoms with Crippen LogP contribution in [-0.4, -0.2) is 26.2 Å². The van der Waals surface area contributed by atoms with Gasteiger partial charge in [-0.25, -0.2) is 0 Å². The van der Waals surface area contributed by atoms with E-state index in [0.717, 1.165) is 5.75 Å². The third-order valence-corrected chi connectivity index (χ3v) is 3.34. The van der Waals surface area contributed by atoms with Crippen LogP contribution in [0.2, 0.25) is 0 Å². The molecule has 122 valence electrons. The quantitative estimate of drug-likeness (QED) is 0.849. The lowest BCUT2D eigenvalue weighted by Gasteiger charge is -2.17. The van der Waals surface area contributed by atoms with Crippen LogP contribution in [0.5, 0.6) is 17.2 Å². The number of carbonyl (C=O) groups excluding carboxylic acids is 1. The van der Waals surface area contributed by atoms with Gasteiger partial charge in [-0.15, -0.1) is 0 Å². The van der Waals surface area contributed by atoms with E-state index in [2.05, 4.69) is 5.32 Å². The molecule has 0 aliphatic heterocycles. The Morgan fingerprint density at radius 3 is 2.26 bits per heavy atom. The van der Waals surface area contributed by atoms with Crippen molar-refractivity contribution in [2.45, 2.75) is 19.4 Å².